The monoisotopic (exact) mass is 318 g/mol. The number of nitrogens with zero attached hydrogens (tertiary/aromatic N) is 2. The number of anilines is 1. The molecule has 1 atom stereocenters. The van der Waals surface area contributed by atoms with Crippen LogP contribution in [0.5, 0.6) is 5.75 Å². The molecule has 1 aromatic rings. The van der Waals surface area contributed by atoms with E-state index < -0.39 is 6.19 Å². The van der Waals surface area contributed by atoms with E-state index in [4.69, 9.17) is 22.1 Å². The highest BCUT2D eigenvalue weighted by molar-refractivity contribution is 6.09. The van der Waals surface area contributed by atoms with Crippen molar-refractivity contribution in [3.63, 3.8) is 0 Å². The smallest absolute Gasteiger partial charge is 0.219 e. The second-order valence-corrected chi connectivity index (χ2v) is 5.31. The minimum Gasteiger partial charge on any atom is -0.491 e. The maximum atomic E-state index is 11.3. The summed E-state index contributed by atoms with van der Waals surface area (Å²) in [5, 5.41) is 0. The molecule has 7 heteroatoms. The highest BCUT2D eigenvalue weighted by atomic mass is 16.7. The van der Waals surface area contributed by atoms with Gasteiger partial charge >= 0.3 is 0 Å². The first-order valence-electron chi connectivity index (χ1n) is 7.73. The molecule has 0 bridgehead atoms. The van der Waals surface area contributed by atoms with Crippen LogP contribution in [0.3, 0.4) is 0 Å². The van der Waals surface area contributed by atoms with Gasteiger partial charge in [0.2, 0.25) is 5.91 Å². The normalized spacial score (nSPS) is 16.3. The van der Waals surface area contributed by atoms with Crippen LogP contribution < -0.4 is 9.64 Å². The second kappa shape index (κ2) is 8.79. The highest BCUT2D eigenvalue weighted by Gasteiger charge is 2.18. The van der Waals surface area contributed by atoms with Gasteiger partial charge < -0.3 is 24.0 Å². The number of carbonyl (C=O) groups excluding carboxylic acids is 1. The lowest BCUT2D eigenvalue weighted by Gasteiger charge is -2.35. The average molecular weight is 318 g/mol. The van der Waals surface area contributed by atoms with Gasteiger partial charge in [0, 0.05) is 45.9 Å². The van der Waals surface area contributed by atoms with Gasteiger partial charge in [0.25, 0.3) is 0 Å². The SMILES string of the molecule is [B]C(OC)OCCOc1ccc(N2CCN(C(C)=O)CC2)cc1. The third-order valence-electron chi connectivity index (χ3n) is 3.79. The summed E-state index contributed by atoms with van der Waals surface area (Å²) >= 11 is 0. The molecule has 124 valence electrons. The zero-order valence-electron chi connectivity index (χ0n) is 13.7. The van der Waals surface area contributed by atoms with Gasteiger partial charge in [0.05, 0.1) is 6.61 Å². The molecule has 1 aliphatic heterocycles. The second-order valence-electron chi connectivity index (χ2n) is 5.31. The molecular formula is C16H23BN2O4. The fourth-order valence-corrected chi connectivity index (χ4v) is 2.42. The molecule has 1 amide bonds. The van der Waals surface area contributed by atoms with Crippen LogP contribution in [0.4, 0.5) is 5.69 Å². The van der Waals surface area contributed by atoms with E-state index >= 15 is 0 Å². The summed E-state index contributed by atoms with van der Waals surface area (Å²) in [6, 6.07) is 7.92. The Bertz CT molecular complexity index is 489. The van der Waals surface area contributed by atoms with Crippen LogP contribution in [0.25, 0.3) is 0 Å². The van der Waals surface area contributed by atoms with Crippen LogP contribution in [0, 0.1) is 0 Å². The summed E-state index contributed by atoms with van der Waals surface area (Å²) in [6.45, 7) is 5.63. The van der Waals surface area contributed by atoms with E-state index in [0.29, 0.717) is 13.2 Å². The molecule has 1 fully saturated rings. The van der Waals surface area contributed by atoms with Crippen LogP contribution in [0.1, 0.15) is 6.92 Å². The Morgan fingerprint density at radius 3 is 2.39 bits per heavy atom. The molecule has 1 heterocycles. The molecular weight excluding hydrogens is 295 g/mol. The van der Waals surface area contributed by atoms with E-state index in [1.165, 1.54) is 7.11 Å². The quantitative estimate of drug-likeness (QED) is 0.424. The fraction of sp³-hybridized carbons (Fsp3) is 0.562. The van der Waals surface area contributed by atoms with Gasteiger partial charge in [-0.2, -0.15) is 0 Å². The van der Waals surface area contributed by atoms with Crippen molar-refractivity contribution in [2.45, 2.75) is 13.1 Å². The number of hydrogen-bond acceptors (Lipinski definition) is 5. The largest absolute Gasteiger partial charge is 0.491 e. The topological polar surface area (TPSA) is 51.2 Å². The Kier molecular flexibility index (Phi) is 6.74. The lowest BCUT2D eigenvalue weighted by atomic mass is 10.1. The summed E-state index contributed by atoms with van der Waals surface area (Å²) in [4.78, 5) is 15.5. The lowest BCUT2D eigenvalue weighted by molar-refractivity contribution is -0.129. The first-order valence-corrected chi connectivity index (χ1v) is 7.73. The first kappa shape index (κ1) is 17.6. The standard InChI is InChI=1S/C16H23BN2O4/c1-13(20)18-7-9-19(10-8-18)14-3-5-15(6-4-14)22-11-12-23-16(17)21-2/h3-6,16H,7-12H2,1-2H3. The van der Waals surface area contributed by atoms with Crippen LogP contribution in [0.2, 0.25) is 0 Å². The summed E-state index contributed by atoms with van der Waals surface area (Å²) in [7, 11) is 6.94. The van der Waals surface area contributed by atoms with Gasteiger partial charge in [-0.3, -0.25) is 4.79 Å². The van der Waals surface area contributed by atoms with E-state index in [1.807, 2.05) is 29.2 Å². The Morgan fingerprint density at radius 1 is 1.17 bits per heavy atom. The van der Waals surface area contributed by atoms with Gasteiger partial charge in [-0.15, -0.1) is 0 Å². The predicted molar refractivity (Wildman–Crippen MR) is 88.9 cm³/mol. The third kappa shape index (κ3) is 5.44. The van der Waals surface area contributed by atoms with Crippen LogP contribution >= 0.6 is 0 Å². The van der Waals surface area contributed by atoms with Crippen molar-refractivity contribution in [1.29, 1.82) is 0 Å². The van der Waals surface area contributed by atoms with E-state index in [2.05, 4.69) is 4.90 Å². The van der Waals surface area contributed by atoms with E-state index in [0.717, 1.165) is 37.6 Å². The molecule has 2 rings (SSSR count). The maximum Gasteiger partial charge on any atom is 0.219 e. The number of benzene rings is 1. The molecule has 1 saturated heterocycles. The molecule has 23 heavy (non-hydrogen) atoms. The molecule has 2 radical (unpaired) electrons. The zero-order chi connectivity index (χ0) is 16.7. The van der Waals surface area contributed by atoms with Crippen molar-refractivity contribution < 1.29 is 19.0 Å². The summed E-state index contributed by atoms with van der Waals surface area (Å²) in [5.41, 5.74) is 1.14. The van der Waals surface area contributed by atoms with Gasteiger partial charge in [-0.25, -0.2) is 0 Å². The van der Waals surface area contributed by atoms with Crippen LogP contribution in [0.15, 0.2) is 24.3 Å². The number of hydrogen-bond donors (Lipinski definition) is 0. The van der Waals surface area contributed by atoms with Crippen LogP contribution in [-0.4, -0.2) is 71.3 Å². The number of amides is 1. The number of carbonyl (C=O) groups is 1. The summed E-state index contributed by atoms with van der Waals surface area (Å²) in [6.07, 6.45) is -0.713. The third-order valence-corrected chi connectivity index (χ3v) is 3.79. The van der Waals surface area contributed by atoms with E-state index in [-0.39, 0.29) is 5.91 Å². The molecule has 0 spiro atoms. The summed E-state index contributed by atoms with van der Waals surface area (Å²) < 4.78 is 15.5. The average Bonchev–Trinajstić information content (AvgIpc) is 2.59. The van der Waals surface area contributed by atoms with E-state index in [1.54, 1.807) is 6.92 Å². The van der Waals surface area contributed by atoms with Crippen LogP contribution in [-0.2, 0) is 14.3 Å². The number of methoxy groups -OCH3 is 1. The molecule has 0 aromatic heterocycles. The first-order chi connectivity index (χ1) is 11.1. The highest BCUT2D eigenvalue weighted by Crippen LogP contribution is 2.20. The van der Waals surface area contributed by atoms with Crippen molar-refractivity contribution in [1.82, 2.24) is 4.90 Å². The lowest BCUT2D eigenvalue weighted by Crippen LogP contribution is -2.48. The Balaban J connectivity index is 1.75. The molecule has 0 N–H and O–H groups in total. The molecule has 0 saturated carbocycles. The Hall–Kier alpha value is -1.73. The van der Waals surface area contributed by atoms with Crippen molar-refractivity contribution in [3.05, 3.63) is 24.3 Å². The van der Waals surface area contributed by atoms with Crippen molar-refractivity contribution in [2.75, 3.05) is 51.4 Å². The molecule has 0 aliphatic carbocycles. The Labute approximate surface area is 138 Å². The van der Waals surface area contributed by atoms with Gasteiger partial charge in [0.1, 0.15) is 26.4 Å². The zero-order valence-corrected chi connectivity index (χ0v) is 13.7. The molecule has 6 nitrogen and oxygen atoms in total. The van der Waals surface area contributed by atoms with Crippen molar-refractivity contribution >= 4 is 19.4 Å². The fourth-order valence-electron chi connectivity index (χ4n) is 2.42. The molecule has 1 unspecified atom stereocenters. The van der Waals surface area contributed by atoms with Gasteiger partial charge in [-0.1, -0.05) is 0 Å². The minimum absolute atomic E-state index is 0.142. The van der Waals surface area contributed by atoms with E-state index in [9.17, 15) is 4.79 Å². The minimum atomic E-state index is -0.713. The van der Waals surface area contributed by atoms with Crippen molar-refractivity contribution in [2.24, 2.45) is 0 Å². The number of piperazine rings is 1. The molecule has 1 aliphatic rings. The maximum absolute atomic E-state index is 11.3. The Morgan fingerprint density at radius 2 is 1.83 bits per heavy atom. The van der Waals surface area contributed by atoms with Gasteiger partial charge in [0.15, 0.2) is 0 Å². The summed E-state index contributed by atoms with van der Waals surface area (Å²) in [5.74, 6) is 0.925. The van der Waals surface area contributed by atoms with Crippen molar-refractivity contribution in [3.8, 4) is 5.75 Å². The number of ether oxygens (including phenoxy) is 3. The van der Waals surface area contributed by atoms with Gasteiger partial charge in [-0.05, 0) is 24.3 Å². The predicted octanol–water partition coefficient (Wildman–Crippen LogP) is 0.849. The molecule has 1 aromatic carbocycles. The number of rotatable bonds is 7.